The summed E-state index contributed by atoms with van der Waals surface area (Å²) in [5.74, 6) is 0. The third-order valence-electron chi connectivity index (χ3n) is 8.38. The van der Waals surface area contributed by atoms with Gasteiger partial charge in [-0.05, 0) is 81.5 Å². The van der Waals surface area contributed by atoms with Crippen LogP contribution in [0.25, 0.3) is 33.9 Å². The van der Waals surface area contributed by atoms with Crippen LogP contribution in [0.15, 0.2) is 207 Å². The predicted molar refractivity (Wildman–Crippen MR) is 218 cm³/mol. The lowest BCUT2D eigenvalue weighted by Gasteiger charge is -2.12. The summed E-state index contributed by atoms with van der Waals surface area (Å²) in [5, 5.41) is 0. The van der Waals surface area contributed by atoms with E-state index in [0.29, 0.717) is 0 Å². The second kappa shape index (κ2) is 19.1. The van der Waals surface area contributed by atoms with Crippen molar-refractivity contribution in [3.63, 3.8) is 0 Å². The Kier molecular flexibility index (Phi) is 13.5. The number of aryl methyl sites for hydroxylation is 1. The molecule has 0 aliphatic carbocycles. The van der Waals surface area contributed by atoms with E-state index in [1.165, 1.54) is 61.2 Å². The summed E-state index contributed by atoms with van der Waals surface area (Å²) in [4.78, 5) is 0. The minimum absolute atomic E-state index is 0.944. The number of hydrogen-bond acceptors (Lipinski definition) is 0. The van der Waals surface area contributed by atoms with Gasteiger partial charge in [0.25, 0.3) is 0 Å². The van der Waals surface area contributed by atoms with Crippen molar-refractivity contribution in [2.45, 2.75) is 26.7 Å². The zero-order chi connectivity index (χ0) is 34.8. The smallest absolute Gasteiger partial charge is 0.00258 e. The lowest BCUT2D eigenvalue weighted by atomic mass is 9.92. The Morgan fingerprint density at radius 2 is 0.800 bits per heavy atom. The molecule has 7 aromatic rings. The monoisotopic (exact) mass is 646 g/mol. The SMILES string of the molecule is C(=C(c1ccc(-c2ccccc2)cc1)c1ccc(-c2ccccc2)cc1)c1ccc(Cc2ccccc2)cc1.C=CCC.Cc1ccccc1. The van der Waals surface area contributed by atoms with Crippen LogP contribution in [0.5, 0.6) is 0 Å². The Morgan fingerprint density at radius 1 is 0.440 bits per heavy atom. The summed E-state index contributed by atoms with van der Waals surface area (Å²) in [6, 6.07) is 68.8. The number of hydrogen-bond donors (Lipinski definition) is 0. The molecule has 7 aromatic carbocycles. The van der Waals surface area contributed by atoms with Crippen LogP contribution in [-0.2, 0) is 6.42 Å². The summed E-state index contributed by atoms with van der Waals surface area (Å²) in [6.45, 7) is 7.62. The first-order valence-corrected chi connectivity index (χ1v) is 17.4. The highest BCUT2D eigenvalue weighted by molar-refractivity contribution is 5.92. The van der Waals surface area contributed by atoms with Gasteiger partial charge in [-0.15, -0.1) is 6.58 Å². The van der Waals surface area contributed by atoms with Crippen molar-refractivity contribution in [1.29, 1.82) is 0 Å². The Balaban J connectivity index is 0.000000381. The Bertz CT molecular complexity index is 1920. The van der Waals surface area contributed by atoms with E-state index < -0.39 is 0 Å². The summed E-state index contributed by atoms with van der Waals surface area (Å²) in [6.07, 6.45) is 6.21. The Labute approximate surface area is 299 Å². The van der Waals surface area contributed by atoms with Gasteiger partial charge in [0, 0.05) is 0 Å². The molecule has 0 atom stereocenters. The van der Waals surface area contributed by atoms with Crippen LogP contribution >= 0.6 is 0 Å². The molecule has 0 radical (unpaired) electrons. The Hall–Kier alpha value is -5.98. The maximum atomic E-state index is 3.48. The van der Waals surface area contributed by atoms with Crippen molar-refractivity contribution in [3.8, 4) is 22.3 Å². The lowest BCUT2D eigenvalue weighted by Crippen LogP contribution is -1.91. The van der Waals surface area contributed by atoms with Crippen LogP contribution in [0, 0.1) is 6.92 Å². The molecule has 246 valence electrons. The molecule has 0 unspecified atom stereocenters. The molecule has 50 heavy (non-hydrogen) atoms. The van der Waals surface area contributed by atoms with Gasteiger partial charge in [-0.3, -0.25) is 0 Å². The van der Waals surface area contributed by atoms with Crippen LogP contribution in [0.2, 0.25) is 0 Å². The summed E-state index contributed by atoms with van der Waals surface area (Å²) in [7, 11) is 0. The molecule has 0 bridgehead atoms. The van der Waals surface area contributed by atoms with E-state index in [4.69, 9.17) is 0 Å². The average molecular weight is 647 g/mol. The fourth-order valence-electron chi connectivity index (χ4n) is 5.54. The molecule has 0 saturated carbocycles. The first-order valence-electron chi connectivity index (χ1n) is 17.4. The van der Waals surface area contributed by atoms with Gasteiger partial charge in [0.1, 0.15) is 0 Å². The van der Waals surface area contributed by atoms with E-state index in [9.17, 15) is 0 Å². The molecule has 7 rings (SSSR count). The van der Waals surface area contributed by atoms with Gasteiger partial charge >= 0.3 is 0 Å². The molecule has 0 saturated heterocycles. The van der Waals surface area contributed by atoms with Crippen LogP contribution in [0.1, 0.15) is 46.7 Å². The van der Waals surface area contributed by atoms with Gasteiger partial charge in [0.2, 0.25) is 0 Å². The molecular formula is C50H46. The predicted octanol–water partition coefficient (Wildman–Crippen LogP) is 13.8. The molecule has 0 spiro atoms. The maximum Gasteiger partial charge on any atom is -0.00258 e. The average Bonchev–Trinajstić information content (AvgIpc) is 3.19. The van der Waals surface area contributed by atoms with Crippen molar-refractivity contribution in [2.75, 3.05) is 0 Å². The Morgan fingerprint density at radius 3 is 1.18 bits per heavy atom. The van der Waals surface area contributed by atoms with Gasteiger partial charge in [0.05, 0.1) is 0 Å². The van der Waals surface area contributed by atoms with Crippen molar-refractivity contribution >= 4 is 11.6 Å². The van der Waals surface area contributed by atoms with E-state index in [-0.39, 0.29) is 0 Å². The molecule has 0 heteroatoms. The normalized spacial score (nSPS) is 10.0. The van der Waals surface area contributed by atoms with Crippen molar-refractivity contribution in [1.82, 2.24) is 0 Å². The fraction of sp³-hybridized carbons (Fsp3) is 0.0800. The lowest BCUT2D eigenvalue weighted by molar-refractivity contribution is 1.19. The van der Waals surface area contributed by atoms with E-state index in [1.807, 2.05) is 24.3 Å². The van der Waals surface area contributed by atoms with Gasteiger partial charge in [-0.2, -0.15) is 0 Å². The minimum atomic E-state index is 0.944. The molecule has 0 fully saturated rings. The standard InChI is InChI=1S/C39H30.C7H8.C4H8/c1-4-10-30(11-5-1)28-31-16-18-32(19-17-31)29-39(37-24-20-35(21-25-37)33-12-6-2-7-13-33)38-26-22-36(23-27-38)34-14-8-3-9-15-34;1-7-5-3-2-4-6-7;1-3-4-2/h1-27,29H,28H2;2-6H,1H3;3H,1,4H2,2H3. The summed E-state index contributed by atoms with van der Waals surface area (Å²) >= 11 is 0. The largest absolute Gasteiger partial charge is 0.103 e. The van der Waals surface area contributed by atoms with Gasteiger partial charge < -0.3 is 0 Å². The van der Waals surface area contributed by atoms with Crippen LogP contribution in [0.4, 0.5) is 0 Å². The zero-order valence-electron chi connectivity index (χ0n) is 29.3. The third-order valence-corrected chi connectivity index (χ3v) is 8.38. The number of allylic oxidation sites excluding steroid dienone is 1. The molecule has 0 aromatic heterocycles. The fourth-order valence-corrected chi connectivity index (χ4v) is 5.54. The van der Waals surface area contributed by atoms with E-state index >= 15 is 0 Å². The van der Waals surface area contributed by atoms with E-state index in [1.54, 1.807) is 0 Å². The maximum absolute atomic E-state index is 3.48. The number of rotatable bonds is 8. The molecule has 0 amide bonds. The minimum Gasteiger partial charge on any atom is -0.103 e. The highest BCUT2D eigenvalue weighted by atomic mass is 14.1. The number of benzene rings is 7. The van der Waals surface area contributed by atoms with Crippen molar-refractivity contribution in [2.24, 2.45) is 0 Å². The van der Waals surface area contributed by atoms with Crippen LogP contribution in [-0.4, -0.2) is 0 Å². The summed E-state index contributed by atoms with van der Waals surface area (Å²) in [5.41, 5.74) is 13.7. The van der Waals surface area contributed by atoms with Crippen LogP contribution in [0.3, 0.4) is 0 Å². The molecular weight excluding hydrogens is 601 g/mol. The highest BCUT2D eigenvalue weighted by Crippen LogP contribution is 2.30. The van der Waals surface area contributed by atoms with Gasteiger partial charge in [-0.1, -0.05) is 213 Å². The van der Waals surface area contributed by atoms with Gasteiger partial charge in [0.15, 0.2) is 0 Å². The summed E-state index contributed by atoms with van der Waals surface area (Å²) < 4.78 is 0. The van der Waals surface area contributed by atoms with E-state index in [2.05, 4.69) is 202 Å². The van der Waals surface area contributed by atoms with Gasteiger partial charge in [-0.25, -0.2) is 0 Å². The van der Waals surface area contributed by atoms with E-state index in [0.717, 1.165) is 12.8 Å². The first kappa shape index (κ1) is 35.3. The van der Waals surface area contributed by atoms with Crippen LogP contribution < -0.4 is 0 Å². The molecule has 0 heterocycles. The highest BCUT2D eigenvalue weighted by Gasteiger charge is 2.08. The second-order valence-corrected chi connectivity index (χ2v) is 12.2. The molecule has 0 aliphatic heterocycles. The zero-order valence-corrected chi connectivity index (χ0v) is 29.3. The van der Waals surface area contributed by atoms with Crippen molar-refractivity contribution < 1.29 is 0 Å². The first-order chi connectivity index (χ1) is 24.6. The molecule has 0 N–H and O–H groups in total. The topological polar surface area (TPSA) is 0 Å². The van der Waals surface area contributed by atoms with Crippen molar-refractivity contribution in [3.05, 3.63) is 240 Å². The third kappa shape index (κ3) is 10.8. The molecule has 0 nitrogen and oxygen atoms in total. The quantitative estimate of drug-likeness (QED) is 0.114. The second-order valence-electron chi connectivity index (χ2n) is 12.2. The molecule has 0 aliphatic rings.